The van der Waals surface area contributed by atoms with Gasteiger partial charge in [-0.1, -0.05) is 25.1 Å². The number of benzene rings is 2. The van der Waals surface area contributed by atoms with Gasteiger partial charge in [0, 0.05) is 18.2 Å². The number of nitrogens with zero attached hydrogens (tertiary/aromatic N) is 2. The van der Waals surface area contributed by atoms with Gasteiger partial charge >= 0.3 is 0 Å². The third kappa shape index (κ3) is 4.07. The van der Waals surface area contributed by atoms with Gasteiger partial charge in [0.2, 0.25) is 0 Å². The first-order valence-corrected chi connectivity index (χ1v) is 10.0. The van der Waals surface area contributed by atoms with E-state index in [9.17, 15) is 4.79 Å². The van der Waals surface area contributed by atoms with Crippen molar-refractivity contribution in [3.63, 3.8) is 0 Å². The van der Waals surface area contributed by atoms with Crippen LogP contribution in [0.3, 0.4) is 0 Å². The second kappa shape index (κ2) is 8.97. The lowest BCUT2D eigenvalue weighted by Gasteiger charge is -2.13. The van der Waals surface area contributed by atoms with E-state index in [0.717, 1.165) is 23.2 Å². The normalized spacial score (nSPS) is 16.9. The Balaban J connectivity index is 1.98. The molecule has 1 heterocycles. The summed E-state index contributed by atoms with van der Waals surface area (Å²) >= 11 is 1.39. The molecule has 0 N–H and O–H groups in total. The molecule has 2 aromatic rings. The molecule has 0 saturated carbocycles. The molecule has 0 aliphatic carbocycles. The molecule has 0 radical (unpaired) electrons. The number of methoxy groups -OCH3 is 2. The van der Waals surface area contributed by atoms with E-state index in [1.54, 1.807) is 25.2 Å². The van der Waals surface area contributed by atoms with Gasteiger partial charge in [0.05, 0.1) is 24.8 Å². The Hall–Kier alpha value is -2.73. The molecule has 0 unspecified atom stereocenters. The van der Waals surface area contributed by atoms with Gasteiger partial charge < -0.3 is 9.47 Å². The molecule has 0 aromatic heterocycles. The average molecular weight is 397 g/mol. The number of hydrogen-bond acceptors (Lipinski definition) is 5. The van der Waals surface area contributed by atoms with E-state index >= 15 is 0 Å². The maximum Gasteiger partial charge on any atom is 0.266 e. The van der Waals surface area contributed by atoms with Gasteiger partial charge in [0.1, 0.15) is 11.5 Å². The summed E-state index contributed by atoms with van der Waals surface area (Å²) in [6.45, 7) is 4.62. The number of ether oxygens (including phenoxy) is 2. The number of aliphatic imine (C=N–C) groups is 1. The van der Waals surface area contributed by atoms with Gasteiger partial charge in [0.25, 0.3) is 5.91 Å². The molecule has 5 nitrogen and oxygen atoms in total. The van der Waals surface area contributed by atoms with E-state index < -0.39 is 0 Å². The number of amidine groups is 1. The number of hydrogen-bond donors (Lipinski definition) is 0. The largest absolute Gasteiger partial charge is 0.497 e. The smallest absolute Gasteiger partial charge is 0.266 e. The Bertz CT molecular complexity index is 937. The van der Waals surface area contributed by atoms with E-state index in [0.29, 0.717) is 28.1 Å². The van der Waals surface area contributed by atoms with Crippen molar-refractivity contribution >= 4 is 34.6 Å². The summed E-state index contributed by atoms with van der Waals surface area (Å²) in [5.41, 5.74) is 2.89. The number of rotatable bonds is 6. The minimum Gasteiger partial charge on any atom is -0.497 e. The van der Waals surface area contributed by atoms with Gasteiger partial charge in [-0.2, -0.15) is 0 Å². The van der Waals surface area contributed by atoms with Crippen LogP contribution in [-0.4, -0.2) is 36.7 Å². The Labute approximate surface area is 170 Å². The zero-order valence-electron chi connectivity index (χ0n) is 16.6. The van der Waals surface area contributed by atoms with Gasteiger partial charge in [-0.15, -0.1) is 0 Å². The third-order valence-electron chi connectivity index (χ3n) is 4.52. The van der Waals surface area contributed by atoms with Crippen molar-refractivity contribution in [1.29, 1.82) is 0 Å². The van der Waals surface area contributed by atoms with Crippen molar-refractivity contribution in [2.24, 2.45) is 4.99 Å². The molecule has 146 valence electrons. The van der Waals surface area contributed by atoms with Crippen molar-refractivity contribution in [3.05, 3.63) is 58.5 Å². The monoisotopic (exact) mass is 396 g/mol. The van der Waals surface area contributed by atoms with Crippen LogP contribution in [0.25, 0.3) is 6.08 Å². The third-order valence-corrected chi connectivity index (χ3v) is 5.53. The minimum atomic E-state index is -0.0434. The first-order chi connectivity index (χ1) is 13.6. The van der Waals surface area contributed by atoms with E-state index in [1.807, 2.05) is 43.3 Å². The van der Waals surface area contributed by atoms with Gasteiger partial charge in [-0.3, -0.25) is 9.69 Å². The molecule has 1 amide bonds. The molecule has 0 spiro atoms. The van der Waals surface area contributed by atoms with Crippen LogP contribution >= 0.6 is 11.8 Å². The SMILES string of the molecule is CCc1ccccc1N=C1S/C(=C/c2ccc(OC)cc2OC)C(=O)N1CC. The van der Waals surface area contributed by atoms with E-state index in [4.69, 9.17) is 14.5 Å². The van der Waals surface area contributed by atoms with Crippen molar-refractivity contribution in [2.75, 3.05) is 20.8 Å². The predicted molar refractivity (Wildman–Crippen MR) is 115 cm³/mol. The highest BCUT2D eigenvalue weighted by atomic mass is 32.2. The molecule has 1 saturated heterocycles. The topological polar surface area (TPSA) is 51.1 Å². The number of carbonyl (C=O) groups excluding carboxylic acids is 1. The second-order valence-electron chi connectivity index (χ2n) is 6.14. The Morgan fingerprint density at radius 1 is 1.11 bits per heavy atom. The fourth-order valence-electron chi connectivity index (χ4n) is 2.97. The van der Waals surface area contributed by atoms with E-state index in [2.05, 4.69) is 13.0 Å². The first kappa shape index (κ1) is 20.0. The van der Waals surface area contributed by atoms with Crippen LogP contribution in [0.4, 0.5) is 5.69 Å². The van der Waals surface area contributed by atoms with Crippen LogP contribution < -0.4 is 9.47 Å². The number of likely N-dealkylation sites (N-methyl/N-ethyl adjacent to an activating group) is 1. The fraction of sp³-hybridized carbons (Fsp3) is 0.273. The fourth-order valence-corrected chi connectivity index (χ4v) is 4.02. The number of carbonyl (C=O) groups is 1. The molecule has 28 heavy (non-hydrogen) atoms. The summed E-state index contributed by atoms with van der Waals surface area (Å²) in [7, 11) is 3.21. The maximum atomic E-state index is 12.9. The highest BCUT2D eigenvalue weighted by Crippen LogP contribution is 2.36. The molecule has 2 aromatic carbocycles. The highest BCUT2D eigenvalue weighted by molar-refractivity contribution is 8.18. The first-order valence-electron chi connectivity index (χ1n) is 9.21. The van der Waals surface area contributed by atoms with Crippen molar-refractivity contribution in [3.8, 4) is 11.5 Å². The average Bonchev–Trinajstić information content (AvgIpc) is 3.02. The van der Waals surface area contributed by atoms with Gasteiger partial charge in [-0.05, 0) is 54.9 Å². The molecule has 6 heteroatoms. The summed E-state index contributed by atoms with van der Waals surface area (Å²) < 4.78 is 10.7. The molecule has 0 atom stereocenters. The summed E-state index contributed by atoms with van der Waals surface area (Å²) in [6.07, 6.45) is 2.74. The zero-order chi connectivity index (χ0) is 20.1. The second-order valence-corrected chi connectivity index (χ2v) is 7.15. The highest BCUT2D eigenvalue weighted by Gasteiger charge is 2.32. The Morgan fingerprint density at radius 2 is 1.89 bits per heavy atom. The molecular weight excluding hydrogens is 372 g/mol. The molecule has 3 rings (SSSR count). The van der Waals surface area contributed by atoms with Gasteiger partial charge in [0.15, 0.2) is 5.17 Å². The van der Waals surface area contributed by atoms with E-state index in [-0.39, 0.29) is 5.91 Å². The summed E-state index contributed by atoms with van der Waals surface area (Å²) in [5, 5.41) is 0.701. The Kier molecular flexibility index (Phi) is 6.41. The minimum absolute atomic E-state index is 0.0434. The lowest BCUT2D eigenvalue weighted by molar-refractivity contribution is -0.122. The molecular formula is C22H24N2O3S. The van der Waals surface area contributed by atoms with Crippen LogP contribution in [-0.2, 0) is 11.2 Å². The number of amides is 1. The molecule has 1 aliphatic rings. The van der Waals surface area contributed by atoms with Crippen LogP contribution in [0.1, 0.15) is 25.0 Å². The molecule has 0 bridgehead atoms. The number of thioether (sulfide) groups is 1. The van der Waals surface area contributed by atoms with Gasteiger partial charge in [-0.25, -0.2) is 4.99 Å². The lowest BCUT2D eigenvalue weighted by atomic mass is 10.1. The zero-order valence-corrected chi connectivity index (χ0v) is 17.4. The summed E-state index contributed by atoms with van der Waals surface area (Å²) in [4.78, 5) is 20.0. The van der Waals surface area contributed by atoms with Crippen molar-refractivity contribution in [2.45, 2.75) is 20.3 Å². The van der Waals surface area contributed by atoms with Crippen LogP contribution in [0.15, 0.2) is 52.4 Å². The van der Waals surface area contributed by atoms with Crippen LogP contribution in [0, 0.1) is 0 Å². The number of aryl methyl sites for hydroxylation is 1. The van der Waals surface area contributed by atoms with Crippen LogP contribution in [0.5, 0.6) is 11.5 Å². The van der Waals surface area contributed by atoms with Crippen LogP contribution in [0.2, 0.25) is 0 Å². The number of para-hydroxylation sites is 1. The van der Waals surface area contributed by atoms with Crippen molar-refractivity contribution in [1.82, 2.24) is 4.90 Å². The standard InChI is InChI=1S/C22H24N2O3S/c1-5-15-9-7-8-10-18(15)23-22-24(6-2)21(25)20(28-22)13-16-11-12-17(26-3)14-19(16)27-4/h7-14H,5-6H2,1-4H3/b20-13+,23-22?. The lowest BCUT2D eigenvalue weighted by Crippen LogP contribution is -2.28. The molecule has 1 aliphatic heterocycles. The maximum absolute atomic E-state index is 12.9. The predicted octanol–water partition coefficient (Wildman–Crippen LogP) is 4.89. The quantitative estimate of drug-likeness (QED) is 0.653. The van der Waals surface area contributed by atoms with E-state index in [1.165, 1.54) is 11.8 Å². The van der Waals surface area contributed by atoms with Crippen molar-refractivity contribution < 1.29 is 14.3 Å². The summed E-state index contributed by atoms with van der Waals surface area (Å²) in [5.74, 6) is 1.32. The Morgan fingerprint density at radius 3 is 2.57 bits per heavy atom. The summed E-state index contributed by atoms with van der Waals surface area (Å²) in [6, 6.07) is 13.6. The molecule has 1 fully saturated rings.